The third-order valence-corrected chi connectivity index (χ3v) is 4.23. The van der Waals surface area contributed by atoms with Crippen molar-refractivity contribution >= 4 is 23.8 Å². The zero-order valence-electron chi connectivity index (χ0n) is 18.1. The summed E-state index contributed by atoms with van der Waals surface area (Å²) in [5.41, 5.74) is 0.141. The highest BCUT2D eigenvalue weighted by molar-refractivity contribution is 6.08. The van der Waals surface area contributed by atoms with E-state index in [1.807, 2.05) is 0 Å². The molecule has 0 aliphatic heterocycles. The number of carbonyl (C=O) groups excluding carboxylic acids is 4. The van der Waals surface area contributed by atoms with Crippen LogP contribution in [0.25, 0.3) is 0 Å². The summed E-state index contributed by atoms with van der Waals surface area (Å²) in [4.78, 5) is 49.0. The molecule has 0 spiro atoms. The summed E-state index contributed by atoms with van der Waals surface area (Å²) in [5.74, 6) is -1.52. The molecule has 0 saturated carbocycles. The first kappa shape index (κ1) is 23.7. The van der Waals surface area contributed by atoms with E-state index in [4.69, 9.17) is 9.47 Å². The quantitative estimate of drug-likeness (QED) is 0.408. The number of nitrogens with one attached hydrogen (secondary N) is 1. The van der Waals surface area contributed by atoms with Crippen LogP contribution in [0.1, 0.15) is 53.2 Å². The zero-order valence-corrected chi connectivity index (χ0v) is 18.1. The van der Waals surface area contributed by atoms with Crippen LogP contribution in [0.3, 0.4) is 0 Å². The van der Waals surface area contributed by atoms with Crippen molar-refractivity contribution in [3.63, 3.8) is 0 Å². The van der Waals surface area contributed by atoms with Crippen LogP contribution in [-0.4, -0.2) is 54.7 Å². The van der Waals surface area contributed by atoms with Crippen LogP contribution in [-0.2, 0) is 19.0 Å². The van der Waals surface area contributed by atoms with Gasteiger partial charge in [0.15, 0.2) is 0 Å². The molecule has 9 nitrogen and oxygen atoms in total. The molecule has 1 amide bonds. The first-order chi connectivity index (χ1) is 14.6. The summed E-state index contributed by atoms with van der Waals surface area (Å²) in [6.45, 7) is 5.02. The Hall–Kier alpha value is -3.62. The van der Waals surface area contributed by atoms with Gasteiger partial charge in [0.25, 0.3) is 0 Å². The highest BCUT2D eigenvalue weighted by Crippen LogP contribution is 2.18. The van der Waals surface area contributed by atoms with E-state index in [9.17, 15) is 19.2 Å². The lowest BCUT2D eigenvalue weighted by Crippen LogP contribution is -2.39. The maximum Gasteiger partial charge on any atom is 0.407 e. The molecule has 0 bridgehead atoms. The first-order valence-corrected chi connectivity index (χ1v) is 9.52. The van der Waals surface area contributed by atoms with E-state index in [1.54, 1.807) is 39.1 Å². The largest absolute Gasteiger partial charge is 0.467 e. The molecule has 166 valence electrons. The van der Waals surface area contributed by atoms with Crippen LogP contribution in [0.15, 0.2) is 42.6 Å². The van der Waals surface area contributed by atoms with Gasteiger partial charge in [-0.05, 0) is 45.0 Å². The molecule has 0 fully saturated rings. The molecule has 1 aromatic carbocycles. The molecule has 0 radical (unpaired) electrons. The van der Waals surface area contributed by atoms with Gasteiger partial charge in [-0.1, -0.05) is 12.1 Å². The van der Waals surface area contributed by atoms with Gasteiger partial charge in [0.2, 0.25) is 5.78 Å². The number of hydrogen-bond acceptors (Lipinski definition) is 7. The van der Waals surface area contributed by atoms with Gasteiger partial charge in [-0.25, -0.2) is 14.4 Å². The number of methoxy groups -OCH3 is 2. The highest BCUT2D eigenvalue weighted by Gasteiger charge is 2.27. The second kappa shape index (κ2) is 9.92. The Morgan fingerprint density at radius 2 is 1.58 bits per heavy atom. The fourth-order valence-corrected chi connectivity index (χ4v) is 2.81. The summed E-state index contributed by atoms with van der Waals surface area (Å²) in [6, 6.07) is 8.14. The second-order valence-electron chi connectivity index (χ2n) is 7.62. The van der Waals surface area contributed by atoms with Crippen LogP contribution in [0.2, 0.25) is 0 Å². The molecule has 1 atom stereocenters. The van der Waals surface area contributed by atoms with Gasteiger partial charge < -0.3 is 24.1 Å². The molecular formula is C22H26N2O7. The predicted octanol–water partition coefficient (Wildman–Crippen LogP) is 2.74. The van der Waals surface area contributed by atoms with E-state index in [0.717, 1.165) is 0 Å². The minimum atomic E-state index is -0.985. The Balaban J connectivity index is 2.25. The molecule has 9 heteroatoms. The lowest BCUT2D eigenvalue weighted by atomic mass is 10.1. The van der Waals surface area contributed by atoms with E-state index in [-0.39, 0.29) is 18.0 Å². The number of rotatable bonds is 7. The lowest BCUT2D eigenvalue weighted by molar-refractivity contribution is -0.144. The van der Waals surface area contributed by atoms with E-state index < -0.39 is 29.7 Å². The number of amides is 1. The number of ether oxygens (including phenoxy) is 3. The summed E-state index contributed by atoms with van der Waals surface area (Å²) in [7, 11) is 2.49. The van der Waals surface area contributed by atoms with Crippen molar-refractivity contribution in [2.45, 2.75) is 32.4 Å². The summed E-state index contributed by atoms with van der Waals surface area (Å²) in [6.07, 6.45) is 0.855. The van der Waals surface area contributed by atoms with Crippen LogP contribution in [0.4, 0.5) is 4.79 Å². The number of hydrogen-bond donors (Lipinski definition) is 1. The molecule has 0 aliphatic rings. The number of carbonyl (C=O) groups is 4. The van der Waals surface area contributed by atoms with Gasteiger partial charge in [0, 0.05) is 11.8 Å². The highest BCUT2D eigenvalue weighted by atomic mass is 16.6. The standard InChI is InChI=1S/C22H26N2O7/c1-22(2,3)31-21(28)23-13-17(20(27)30-5)24-12-6-7-16(24)18(25)14-8-10-15(11-9-14)19(26)29-4/h6-12,17H,13H2,1-5H3,(H,23,28). The number of nitrogens with zero attached hydrogens (tertiary/aromatic N) is 1. The zero-order chi connectivity index (χ0) is 23.2. The average molecular weight is 430 g/mol. The molecule has 1 unspecified atom stereocenters. The van der Waals surface area contributed by atoms with Crippen molar-refractivity contribution < 1.29 is 33.4 Å². The number of esters is 2. The van der Waals surface area contributed by atoms with E-state index in [0.29, 0.717) is 11.1 Å². The predicted molar refractivity (Wildman–Crippen MR) is 111 cm³/mol. The summed E-state index contributed by atoms with van der Waals surface area (Å²) < 4.78 is 16.1. The van der Waals surface area contributed by atoms with Gasteiger partial charge in [-0.15, -0.1) is 0 Å². The number of ketones is 1. The molecular weight excluding hydrogens is 404 g/mol. The van der Waals surface area contributed by atoms with Crippen LogP contribution in [0.5, 0.6) is 0 Å². The van der Waals surface area contributed by atoms with Crippen LogP contribution >= 0.6 is 0 Å². The topological polar surface area (TPSA) is 113 Å². The van der Waals surface area contributed by atoms with Crippen molar-refractivity contribution in [2.75, 3.05) is 20.8 Å². The molecule has 1 aromatic heterocycles. The minimum absolute atomic E-state index is 0.141. The van der Waals surface area contributed by atoms with Crippen molar-refractivity contribution in [3.8, 4) is 0 Å². The van der Waals surface area contributed by atoms with Crippen molar-refractivity contribution in [3.05, 3.63) is 59.4 Å². The van der Waals surface area contributed by atoms with E-state index >= 15 is 0 Å². The fraction of sp³-hybridized carbons (Fsp3) is 0.364. The maximum absolute atomic E-state index is 13.0. The molecule has 1 heterocycles. The number of alkyl carbamates (subject to hydrolysis) is 1. The molecule has 31 heavy (non-hydrogen) atoms. The smallest absolute Gasteiger partial charge is 0.407 e. The SMILES string of the molecule is COC(=O)c1ccc(C(=O)c2cccn2C(CNC(=O)OC(C)(C)C)C(=O)OC)cc1. The Morgan fingerprint density at radius 1 is 0.968 bits per heavy atom. The molecule has 2 rings (SSSR count). The third kappa shape index (κ3) is 6.18. The molecule has 2 aromatic rings. The van der Waals surface area contributed by atoms with Gasteiger partial charge in [0.1, 0.15) is 11.6 Å². The monoisotopic (exact) mass is 430 g/mol. The van der Waals surface area contributed by atoms with Crippen LogP contribution < -0.4 is 5.32 Å². The fourth-order valence-electron chi connectivity index (χ4n) is 2.81. The normalized spacial score (nSPS) is 11.9. The third-order valence-electron chi connectivity index (χ3n) is 4.23. The van der Waals surface area contributed by atoms with Gasteiger partial charge in [-0.2, -0.15) is 0 Å². The Kier molecular flexibility index (Phi) is 7.57. The van der Waals surface area contributed by atoms with E-state index in [2.05, 4.69) is 10.1 Å². The average Bonchev–Trinajstić information content (AvgIpc) is 3.20. The van der Waals surface area contributed by atoms with Crippen molar-refractivity contribution in [1.82, 2.24) is 9.88 Å². The molecule has 0 saturated heterocycles. The van der Waals surface area contributed by atoms with Gasteiger partial charge in [0.05, 0.1) is 32.0 Å². The van der Waals surface area contributed by atoms with Gasteiger partial charge in [-0.3, -0.25) is 4.79 Å². The van der Waals surface area contributed by atoms with Crippen molar-refractivity contribution in [2.24, 2.45) is 0 Å². The minimum Gasteiger partial charge on any atom is -0.467 e. The Labute approximate surface area is 180 Å². The van der Waals surface area contributed by atoms with Crippen LogP contribution in [0, 0.1) is 0 Å². The summed E-state index contributed by atoms with van der Waals surface area (Å²) in [5, 5.41) is 2.53. The lowest BCUT2D eigenvalue weighted by Gasteiger charge is -2.22. The maximum atomic E-state index is 13.0. The second-order valence-corrected chi connectivity index (χ2v) is 7.62. The Morgan fingerprint density at radius 3 is 2.13 bits per heavy atom. The van der Waals surface area contributed by atoms with Crippen molar-refractivity contribution in [1.29, 1.82) is 0 Å². The first-order valence-electron chi connectivity index (χ1n) is 9.52. The number of aromatic nitrogens is 1. The van der Waals surface area contributed by atoms with Gasteiger partial charge >= 0.3 is 18.0 Å². The molecule has 0 aliphatic carbocycles. The molecule has 1 N–H and O–H groups in total. The number of benzene rings is 1. The van der Waals surface area contributed by atoms with E-state index in [1.165, 1.54) is 43.1 Å². The summed E-state index contributed by atoms with van der Waals surface area (Å²) >= 11 is 0. The Bertz CT molecular complexity index is 955.